The van der Waals surface area contributed by atoms with Crippen LogP contribution in [-0.4, -0.2) is 33.5 Å². The van der Waals surface area contributed by atoms with E-state index in [1.165, 1.54) is 0 Å². The molecule has 0 amide bonds. The molecule has 0 saturated heterocycles. The maximum absolute atomic E-state index is 7.75. The van der Waals surface area contributed by atoms with Crippen molar-refractivity contribution in [2.45, 2.75) is 13.3 Å². The maximum atomic E-state index is 7.75. The summed E-state index contributed by atoms with van der Waals surface area (Å²) < 4.78 is 0. The van der Waals surface area contributed by atoms with Crippen LogP contribution in [0.5, 0.6) is 0 Å². The normalized spacial score (nSPS) is 4.29. The van der Waals surface area contributed by atoms with Crippen molar-refractivity contribution in [2.24, 2.45) is 0 Å². The first-order valence-corrected chi connectivity index (χ1v) is 3.12. The van der Waals surface area contributed by atoms with E-state index in [0.717, 1.165) is 6.42 Å². The SMILES string of the molecule is [CH-]=O.[CH-]=O.[CH-]=O.[CH2-]CC.[Mo].[NH-]CC[NH-]. The van der Waals surface area contributed by atoms with Crippen LogP contribution < -0.4 is 0 Å². The molecule has 5 nitrogen and oxygen atoms in total. The van der Waals surface area contributed by atoms with Crippen molar-refractivity contribution in [1.82, 2.24) is 0 Å². The van der Waals surface area contributed by atoms with Gasteiger partial charge in [0.25, 0.3) is 0 Å². The first kappa shape index (κ1) is 37.4. The quantitative estimate of drug-likeness (QED) is 0.414. The van der Waals surface area contributed by atoms with E-state index in [-0.39, 0.29) is 34.2 Å². The molecule has 0 fully saturated rings. The molecule has 0 aliphatic heterocycles. The van der Waals surface area contributed by atoms with Gasteiger partial charge in [-0.3, -0.25) is 20.4 Å². The second kappa shape index (κ2) is 248. The molecular formula is C8H16MoN2O3-6. The standard InChI is InChI=1S/C3H7.C2H6N2.3CHO.Mo/c1-3-2;3-1-2-4;3*1-2;/h1,3H2,2H3;3-4H,1-2H2;3*1H;/q-1;-2;3*-1;. The van der Waals surface area contributed by atoms with Crippen molar-refractivity contribution in [3.05, 3.63) is 18.4 Å². The van der Waals surface area contributed by atoms with E-state index in [1.54, 1.807) is 0 Å². The number of nitrogens with one attached hydrogen (secondary N) is 2. The van der Waals surface area contributed by atoms with E-state index in [9.17, 15) is 0 Å². The predicted molar refractivity (Wildman–Crippen MR) is 54.3 cm³/mol. The summed E-state index contributed by atoms with van der Waals surface area (Å²) in [5, 5.41) is 0. The monoisotopic (exact) mass is 286 g/mol. The van der Waals surface area contributed by atoms with E-state index in [4.69, 9.17) is 25.9 Å². The Morgan fingerprint density at radius 3 is 1.00 bits per heavy atom. The van der Waals surface area contributed by atoms with Crippen molar-refractivity contribution in [3.63, 3.8) is 0 Å². The molecule has 88 valence electrons. The minimum atomic E-state index is 0. The molecule has 0 heterocycles. The Kier molecular flexibility index (Phi) is 663. The molecule has 0 saturated carbocycles. The zero-order chi connectivity index (χ0) is 12.1. The maximum Gasteiger partial charge on any atom is 0 e. The summed E-state index contributed by atoms with van der Waals surface area (Å²) in [4.78, 5) is 23.2. The van der Waals surface area contributed by atoms with Gasteiger partial charge in [0.05, 0.1) is 0 Å². The fraction of sp³-hybridized carbons (Fsp3) is 0.500. The fourth-order valence-electron chi connectivity index (χ4n) is 0. The van der Waals surface area contributed by atoms with Crippen molar-refractivity contribution in [2.75, 3.05) is 13.1 Å². The molecule has 0 bridgehead atoms. The van der Waals surface area contributed by atoms with E-state index in [0.29, 0.717) is 0 Å². The average Bonchev–Trinajstić information content (AvgIpc) is 2.27. The van der Waals surface area contributed by atoms with Crippen molar-refractivity contribution in [3.8, 4) is 0 Å². The van der Waals surface area contributed by atoms with E-state index in [2.05, 4.69) is 27.3 Å². The number of hydrogen-bond acceptors (Lipinski definition) is 3. The third-order valence-electron chi connectivity index (χ3n) is 0.125. The van der Waals surface area contributed by atoms with Crippen LogP contribution in [0.15, 0.2) is 0 Å². The molecular weight excluding hydrogens is 268 g/mol. The van der Waals surface area contributed by atoms with E-state index < -0.39 is 0 Å². The van der Waals surface area contributed by atoms with Crippen LogP contribution in [0, 0.1) is 6.92 Å². The minimum Gasteiger partial charge on any atom is -0.679 e. The second-order valence-electron chi connectivity index (χ2n) is 1.000. The summed E-state index contributed by atoms with van der Waals surface area (Å²) in [7, 11) is 0. The van der Waals surface area contributed by atoms with Crippen LogP contribution in [0.4, 0.5) is 0 Å². The predicted octanol–water partition coefficient (Wildman–Crippen LogP) is 1.50. The molecule has 2 N–H and O–H groups in total. The number of hydrogen-bond donors (Lipinski definition) is 0. The van der Waals surface area contributed by atoms with Gasteiger partial charge < -0.3 is 32.8 Å². The molecule has 0 unspecified atom stereocenters. The van der Waals surface area contributed by atoms with E-state index >= 15 is 0 Å². The molecule has 0 atom stereocenters. The van der Waals surface area contributed by atoms with Gasteiger partial charge in [-0.15, -0.1) is 0 Å². The van der Waals surface area contributed by atoms with Crippen LogP contribution in [0.3, 0.4) is 0 Å². The Morgan fingerprint density at radius 2 is 1.00 bits per heavy atom. The zero-order valence-corrected chi connectivity index (χ0v) is 10.2. The van der Waals surface area contributed by atoms with Gasteiger partial charge in [-0.05, 0) is 0 Å². The Bertz CT molecular complexity index is 46.8. The molecule has 0 spiro atoms. The average molecular weight is 284 g/mol. The molecule has 6 heteroatoms. The minimum absolute atomic E-state index is 0. The summed E-state index contributed by atoms with van der Waals surface area (Å²) >= 11 is 0. The fourth-order valence-corrected chi connectivity index (χ4v) is 0. The van der Waals surface area contributed by atoms with Gasteiger partial charge >= 0.3 is 0 Å². The first-order chi connectivity index (χ1) is 6.33. The molecule has 0 aliphatic carbocycles. The van der Waals surface area contributed by atoms with Gasteiger partial charge in [-0.25, -0.2) is 0 Å². The third-order valence-corrected chi connectivity index (χ3v) is 0.125. The van der Waals surface area contributed by atoms with Crippen molar-refractivity contribution in [1.29, 1.82) is 0 Å². The van der Waals surface area contributed by atoms with Crippen LogP contribution >= 0.6 is 0 Å². The van der Waals surface area contributed by atoms with Crippen LogP contribution in [-0.2, 0) is 35.4 Å². The first-order valence-electron chi connectivity index (χ1n) is 3.12. The molecule has 14 heavy (non-hydrogen) atoms. The summed E-state index contributed by atoms with van der Waals surface area (Å²) in [5.41, 5.74) is 12.5. The van der Waals surface area contributed by atoms with Crippen molar-refractivity contribution >= 4 is 20.4 Å². The molecule has 0 aliphatic rings. The molecule has 0 radical (unpaired) electrons. The van der Waals surface area contributed by atoms with Crippen LogP contribution in [0.2, 0.25) is 0 Å². The van der Waals surface area contributed by atoms with Crippen LogP contribution in [0.25, 0.3) is 11.5 Å². The van der Waals surface area contributed by atoms with Gasteiger partial charge in [0.2, 0.25) is 0 Å². The van der Waals surface area contributed by atoms with Gasteiger partial charge in [-0.1, -0.05) is 6.92 Å². The Hall–Kier alpha value is -0.382. The van der Waals surface area contributed by atoms with Crippen LogP contribution in [0.1, 0.15) is 13.3 Å². The summed E-state index contributed by atoms with van der Waals surface area (Å²) in [6.45, 7) is 15.7. The van der Waals surface area contributed by atoms with Gasteiger partial charge in [0, 0.05) is 21.1 Å². The van der Waals surface area contributed by atoms with E-state index in [1.807, 2.05) is 6.92 Å². The largest absolute Gasteiger partial charge is 0.679 e. The Morgan fingerprint density at radius 1 is 0.929 bits per heavy atom. The summed E-state index contributed by atoms with van der Waals surface area (Å²) in [5.74, 6) is 0. The second-order valence-corrected chi connectivity index (χ2v) is 1.000. The summed E-state index contributed by atoms with van der Waals surface area (Å²) in [6.07, 6.45) is 1.00. The Labute approximate surface area is 101 Å². The number of rotatable bonds is 1. The smallest absolute Gasteiger partial charge is 0 e. The van der Waals surface area contributed by atoms with Crippen molar-refractivity contribution < 1.29 is 35.4 Å². The molecule has 0 aromatic carbocycles. The molecule has 0 rings (SSSR count). The zero-order valence-electron chi connectivity index (χ0n) is 8.19. The van der Waals surface area contributed by atoms with Gasteiger partial charge in [-0.2, -0.15) is 19.5 Å². The Balaban J connectivity index is -0.0000000146. The van der Waals surface area contributed by atoms with Gasteiger partial charge in [0.1, 0.15) is 0 Å². The third kappa shape index (κ3) is 3430. The topological polar surface area (TPSA) is 98.8 Å². The van der Waals surface area contributed by atoms with Gasteiger partial charge in [0.15, 0.2) is 0 Å². The summed E-state index contributed by atoms with van der Waals surface area (Å²) in [6, 6.07) is 0. The number of carbonyl (C=O) groups excluding carboxylic acids is 3. The molecule has 0 aromatic rings. The molecule has 0 aromatic heterocycles.